The van der Waals surface area contributed by atoms with E-state index in [0.717, 1.165) is 25.9 Å². The SMILES string of the molecule is Cn1ccc(C(N)C2CCN(C(=O)OC(C)(C)C)CC2)c1. The summed E-state index contributed by atoms with van der Waals surface area (Å²) in [6.45, 7) is 7.12. The smallest absolute Gasteiger partial charge is 0.410 e. The van der Waals surface area contributed by atoms with E-state index in [1.165, 1.54) is 5.56 Å². The molecule has 5 heteroatoms. The minimum atomic E-state index is -0.436. The van der Waals surface area contributed by atoms with Gasteiger partial charge in [-0.15, -0.1) is 0 Å². The van der Waals surface area contributed by atoms with Gasteiger partial charge in [-0.05, 0) is 51.2 Å². The Kier molecular flexibility index (Phi) is 4.61. The standard InChI is InChI=1S/C16H27N3O2/c1-16(2,3)21-15(20)19-9-6-12(7-10-19)14(17)13-5-8-18(4)11-13/h5,8,11-12,14H,6-7,9-10,17H2,1-4H3. The molecule has 0 radical (unpaired) electrons. The highest BCUT2D eigenvalue weighted by Crippen LogP contribution is 2.29. The van der Waals surface area contributed by atoms with Crippen LogP contribution in [0.2, 0.25) is 0 Å². The van der Waals surface area contributed by atoms with Crippen molar-refractivity contribution in [2.45, 2.75) is 45.3 Å². The van der Waals surface area contributed by atoms with Gasteiger partial charge in [-0.3, -0.25) is 0 Å². The Bertz CT molecular complexity index is 482. The normalized spacial score (nSPS) is 18.6. The van der Waals surface area contributed by atoms with Crippen molar-refractivity contribution in [3.63, 3.8) is 0 Å². The largest absolute Gasteiger partial charge is 0.444 e. The molecule has 1 aromatic rings. The highest BCUT2D eigenvalue weighted by molar-refractivity contribution is 5.68. The molecule has 1 fully saturated rings. The van der Waals surface area contributed by atoms with E-state index in [1.807, 2.05) is 38.6 Å². The van der Waals surface area contributed by atoms with Crippen molar-refractivity contribution in [3.05, 3.63) is 24.0 Å². The molecule has 21 heavy (non-hydrogen) atoms. The lowest BCUT2D eigenvalue weighted by Crippen LogP contribution is -2.43. The van der Waals surface area contributed by atoms with Gasteiger partial charge in [0.2, 0.25) is 0 Å². The van der Waals surface area contributed by atoms with Gasteiger partial charge in [0.1, 0.15) is 5.60 Å². The van der Waals surface area contributed by atoms with Crippen molar-refractivity contribution in [1.29, 1.82) is 0 Å². The maximum absolute atomic E-state index is 12.0. The molecular formula is C16H27N3O2. The van der Waals surface area contributed by atoms with Gasteiger partial charge >= 0.3 is 6.09 Å². The number of piperidine rings is 1. The van der Waals surface area contributed by atoms with E-state index in [4.69, 9.17) is 10.5 Å². The van der Waals surface area contributed by atoms with Crippen LogP contribution in [-0.2, 0) is 11.8 Å². The number of aryl methyl sites for hydroxylation is 1. The molecule has 2 rings (SSSR count). The Morgan fingerprint density at radius 3 is 2.48 bits per heavy atom. The fourth-order valence-electron chi connectivity index (χ4n) is 2.76. The first-order chi connectivity index (χ1) is 9.76. The van der Waals surface area contributed by atoms with Crippen LogP contribution in [0.1, 0.15) is 45.2 Å². The summed E-state index contributed by atoms with van der Waals surface area (Å²) in [5.74, 6) is 0.422. The lowest BCUT2D eigenvalue weighted by atomic mass is 9.87. The average Bonchev–Trinajstić information content (AvgIpc) is 2.83. The lowest BCUT2D eigenvalue weighted by Gasteiger charge is -2.35. The molecule has 0 aliphatic carbocycles. The van der Waals surface area contributed by atoms with Crippen LogP contribution >= 0.6 is 0 Å². The molecule has 0 spiro atoms. The van der Waals surface area contributed by atoms with Gasteiger partial charge in [-0.25, -0.2) is 4.79 Å². The van der Waals surface area contributed by atoms with Crippen LogP contribution in [0.15, 0.2) is 18.5 Å². The van der Waals surface area contributed by atoms with Gasteiger partial charge in [0.05, 0.1) is 0 Å². The number of likely N-dealkylation sites (tertiary alicyclic amines) is 1. The predicted molar refractivity (Wildman–Crippen MR) is 82.9 cm³/mol. The number of rotatable bonds is 2. The highest BCUT2D eigenvalue weighted by atomic mass is 16.6. The number of nitrogens with zero attached hydrogens (tertiary/aromatic N) is 2. The molecule has 1 saturated heterocycles. The van der Waals surface area contributed by atoms with Crippen LogP contribution in [0.25, 0.3) is 0 Å². The van der Waals surface area contributed by atoms with Crippen molar-refractivity contribution in [2.75, 3.05) is 13.1 Å². The molecule has 1 unspecified atom stereocenters. The van der Waals surface area contributed by atoms with Crippen molar-refractivity contribution < 1.29 is 9.53 Å². The van der Waals surface area contributed by atoms with Crippen LogP contribution < -0.4 is 5.73 Å². The average molecular weight is 293 g/mol. The summed E-state index contributed by atoms with van der Waals surface area (Å²) in [6, 6.07) is 2.12. The van der Waals surface area contributed by atoms with Crippen LogP contribution in [0.4, 0.5) is 4.79 Å². The molecule has 118 valence electrons. The summed E-state index contributed by atoms with van der Waals surface area (Å²) in [6.07, 6.45) is 5.73. The van der Waals surface area contributed by atoms with Gasteiger partial charge in [-0.2, -0.15) is 0 Å². The molecule has 0 saturated carbocycles. The van der Waals surface area contributed by atoms with E-state index in [-0.39, 0.29) is 12.1 Å². The first-order valence-corrected chi connectivity index (χ1v) is 7.61. The Morgan fingerprint density at radius 2 is 2.00 bits per heavy atom. The van der Waals surface area contributed by atoms with E-state index < -0.39 is 5.60 Å². The molecule has 1 atom stereocenters. The van der Waals surface area contributed by atoms with E-state index in [9.17, 15) is 4.79 Å². The van der Waals surface area contributed by atoms with Crippen molar-refractivity contribution in [3.8, 4) is 0 Å². The molecule has 2 heterocycles. The summed E-state index contributed by atoms with van der Waals surface area (Å²) in [5.41, 5.74) is 7.10. The summed E-state index contributed by atoms with van der Waals surface area (Å²) < 4.78 is 7.43. The summed E-state index contributed by atoms with van der Waals surface area (Å²) >= 11 is 0. The molecule has 5 nitrogen and oxygen atoms in total. The molecule has 1 aliphatic heterocycles. The van der Waals surface area contributed by atoms with Crippen LogP contribution in [0.3, 0.4) is 0 Å². The molecule has 1 amide bonds. The zero-order chi connectivity index (χ0) is 15.6. The third kappa shape index (κ3) is 4.24. The molecular weight excluding hydrogens is 266 g/mol. The van der Waals surface area contributed by atoms with E-state index in [1.54, 1.807) is 4.90 Å². The quantitative estimate of drug-likeness (QED) is 0.912. The maximum atomic E-state index is 12.0. The fourth-order valence-corrected chi connectivity index (χ4v) is 2.76. The molecule has 0 aromatic carbocycles. The summed E-state index contributed by atoms with van der Waals surface area (Å²) in [7, 11) is 2.00. The second-order valence-corrected chi connectivity index (χ2v) is 6.94. The van der Waals surface area contributed by atoms with Crippen LogP contribution in [0.5, 0.6) is 0 Å². The van der Waals surface area contributed by atoms with Gasteiger partial charge < -0.3 is 19.9 Å². The minimum Gasteiger partial charge on any atom is -0.444 e. The molecule has 1 aromatic heterocycles. The number of aromatic nitrogens is 1. The second-order valence-electron chi connectivity index (χ2n) is 6.94. The monoisotopic (exact) mass is 293 g/mol. The topological polar surface area (TPSA) is 60.5 Å². The Balaban J connectivity index is 1.87. The van der Waals surface area contributed by atoms with Gasteiger partial charge in [0.25, 0.3) is 0 Å². The van der Waals surface area contributed by atoms with Crippen molar-refractivity contribution >= 4 is 6.09 Å². The number of carbonyl (C=O) groups excluding carboxylic acids is 1. The van der Waals surface area contributed by atoms with E-state index in [0.29, 0.717) is 5.92 Å². The molecule has 2 N–H and O–H groups in total. The lowest BCUT2D eigenvalue weighted by molar-refractivity contribution is 0.0174. The second kappa shape index (κ2) is 6.10. The third-order valence-corrected chi connectivity index (χ3v) is 3.94. The first kappa shape index (κ1) is 15.9. The third-order valence-electron chi connectivity index (χ3n) is 3.94. The maximum Gasteiger partial charge on any atom is 0.410 e. The number of carbonyl (C=O) groups is 1. The highest BCUT2D eigenvalue weighted by Gasteiger charge is 2.30. The number of amides is 1. The summed E-state index contributed by atoms with van der Waals surface area (Å²) in [5, 5.41) is 0. The van der Waals surface area contributed by atoms with Crippen LogP contribution in [-0.4, -0.2) is 34.3 Å². The van der Waals surface area contributed by atoms with Crippen LogP contribution in [0, 0.1) is 5.92 Å². The number of nitrogens with two attached hydrogens (primary N) is 1. The minimum absolute atomic E-state index is 0.0481. The zero-order valence-corrected chi connectivity index (χ0v) is 13.5. The number of ether oxygens (including phenoxy) is 1. The predicted octanol–water partition coefficient (Wildman–Crippen LogP) is 2.67. The Hall–Kier alpha value is -1.49. The van der Waals surface area contributed by atoms with Crippen molar-refractivity contribution in [2.24, 2.45) is 18.7 Å². The molecule has 0 bridgehead atoms. The Labute approximate surface area is 127 Å². The fraction of sp³-hybridized carbons (Fsp3) is 0.688. The summed E-state index contributed by atoms with van der Waals surface area (Å²) in [4.78, 5) is 13.8. The van der Waals surface area contributed by atoms with Gasteiger partial charge in [-0.1, -0.05) is 0 Å². The van der Waals surface area contributed by atoms with E-state index in [2.05, 4.69) is 12.3 Å². The first-order valence-electron chi connectivity index (χ1n) is 7.61. The van der Waals surface area contributed by atoms with Gasteiger partial charge in [0.15, 0.2) is 0 Å². The zero-order valence-electron chi connectivity index (χ0n) is 13.5. The molecule has 1 aliphatic rings. The number of hydrogen-bond acceptors (Lipinski definition) is 3. The van der Waals surface area contributed by atoms with Gasteiger partial charge in [0, 0.05) is 38.6 Å². The van der Waals surface area contributed by atoms with Crippen molar-refractivity contribution in [1.82, 2.24) is 9.47 Å². The number of hydrogen-bond donors (Lipinski definition) is 1. The Morgan fingerprint density at radius 1 is 1.38 bits per heavy atom. The van der Waals surface area contributed by atoms with E-state index >= 15 is 0 Å².